The summed E-state index contributed by atoms with van der Waals surface area (Å²) in [5, 5.41) is 0. The van der Waals surface area contributed by atoms with Crippen molar-refractivity contribution in [2.45, 2.75) is 6.61 Å². The van der Waals surface area contributed by atoms with E-state index in [0.717, 1.165) is 0 Å². The van der Waals surface area contributed by atoms with Gasteiger partial charge in [-0.25, -0.2) is 10.8 Å². The van der Waals surface area contributed by atoms with Crippen molar-refractivity contribution < 1.29 is 19.0 Å². The maximum atomic E-state index is 11.3. The summed E-state index contributed by atoms with van der Waals surface area (Å²) in [7, 11) is 1.62. The first kappa shape index (κ1) is 15.5. The normalized spacial score (nSPS) is 10.4. The summed E-state index contributed by atoms with van der Waals surface area (Å²) in [6.07, 6.45) is 0. The van der Waals surface area contributed by atoms with Gasteiger partial charge in [-0.15, -0.1) is 0 Å². The average molecular weight is 269 g/mol. The molecule has 0 radical (unpaired) electrons. The van der Waals surface area contributed by atoms with Crippen molar-refractivity contribution in [3.05, 3.63) is 29.6 Å². The average Bonchev–Trinajstić information content (AvgIpc) is 2.46. The predicted molar refractivity (Wildman–Crippen MR) is 68.2 cm³/mol. The second-order valence-electron chi connectivity index (χ2n) is 3.65. The number of aromatic nitrogens is 1. The molecule has 1 aromatic heterocycles. The molecule has 0 aliphatic rings. The molecule has 1 aromatic rings. The summed E-state index contributed by atoms with van der Waals surface area (Å²) in [6, 6.07) is 5.09. The van der Waals surface area contributed by atoms with Crippen LogP contribution in [0.15, 0.2) is 18.2 Å². The molecule has 0 spiro atoms. The van der Waals surface area contributed by atoms with E-state index in [2.05, 4.69) is 4.98 Å². The highest BCUT2D eigenvalue weighted by Gasteiger charge is 2.05. The standard InChI is InChI=1S/C12H19N3O4/c1-17-5-6-18-7-8-19-9-10-3-2-4-11(14-10)12(16)15-13/h2-4H,5-9,13H2,1H3,(H,15,16). The van der Waals surface area contributed by atoms with Gasteiger partial charge in [-0.2, -0.15) is 0 Å². The van der Waals surface area contributed by atoms with E-state index in [-0.39, 0.29) is 5.69 Å². The number of methoxy groups -OCH3 is 1. The Morgan fingerprint density at radius 1 is 1.26 bits per heavy atom. The fourth-order valence-corrected chi connectivity index (χ4v) is 1.30. The van der Waals surface area contributed by atoms with Crippen LogP contribution in [0.25, 0.3) is 0 Å². The maximum Gasteiger partial charge on any atom is 0.283 e. The molecule has 0 fully saturated rings. The lowest BCUT2D eigenvalue weighted by Crippen LogP contribution is -2.30. The van der Waals surface area contributed by atoms with Gasteiger partial charge in [0.15, 0.2) is 0 Å². The largest absolute Gasteiger partial charge is 0.382 e. The first-order chi connectivity index (χ1) is 9.27. The fraction of sp³-hybridized carbons (Fsp3) is 0.500. The van der Waals surface area contributed by atoms with Crippen molar-refractivity contribution in [2.75, 3.05) is 33.5 Å². The van der Waals surface area contributed by atoms with Gasteiger partial charge < -0.3 is 14.2 Å². The molecule has 0 unspecified atom stereocenters. The number of nitrogens with zero attached hydrogens (tertiary/aromatic N) is 1. The van der Waals surface area contributed by atoms with Crippen molar-refractivity contribution in [2.24, 2.45) is 5.84 Å². The Morgan fingerprint density at radius 2 is 2.00 bits per heavy atom. The van der Waals surface area contributed by atoms with Crippen LogP contribution >= 0.6 is 0 Å². The van der Waals surface area contributed by atoms with E-state index >= 15 is 0 Å². The first-order valence-corrected chi connectivity index (χ1v) is 5.89. The van der Waals surface area contributed by atoms with Crippen LogP contribution in [0.4, 0.5) is 0 Å². The van der Waals surface area contributed by atoms with E-state index in [9.17, 15) is 4.79 Å². The van der Waals surface area contributed by atoms with E-state index in [1.54, 1.807) is 25.3 Å². The van der Waals surface area contributed by atoms with Crippen LogP contribution in [0.5, 0.6) is 0 Å². The minimum atomic E-state index is -0.426. The lowest BCUT2D eigenvalue weighted by atomic mass is 10.3. The third kappa shape index (κ3) is 6.25. The van der Waals surface area contributed by atoms with Gasteiger partial charge in [0.1, 0.15) is 5.69 Å². The number of carbonyl (C=O) groups is 1. The maximum absolute atomic E-state index is 11.3. The van der Waals surface area contributed by atoms with Crippen LogP contribution < -0.4 is 11.3 Å². The summed E-state index contributed by atoms with van der Waals surface area (Å²) in [4.78, 5) is 15.4. The Hall–Kier alpha value is -1.54. The molecule has 1 amide bonds. The van der Waals surface area contributed by atoms with Gasteiger partial charge in [0.05, 0.1) is 38.7 Å². The fourth-order valence-electron chi connectivity index (χ4n) is 1.30. The second-order valence-corrected chi connectivity index (χ2v) is 3.65. The Bertz CT molecular complexity index is 387. The summed E-state index contributed by atoms with van der Waals surface area (Å²) >= 11 is 0. The van der Waals surface area contributed by atoms with E-state index in [0.29, 0.717) is 38.7 Å². The number of carbonyl (C=O) groups excluding carboxylic acids is 1. The molecule has 19 heavy (non-hydrogen) atoms. The van der Waals surface area contributed by atoms with Crippen LogP contribution in [-0.2, 0) is 20.8 Å². The Morgan fingerprint density at radius 3 is 2.74 bits per heavy atom. The lowest BCUT2D eigenvalue weighted by molar-refractivity contribution is 0.0192. The smallest absolute Gasteiger partial charge is 0.283 e. The van der Waals surface area contributed by atoms with Gasteiger partial charge in [-0.3, -0.25) is 10.2 Å². The summed E-state index contributed by atoms with van der Waals surface area (Å²) in [5.41, 5.74) is 2.96. The number of nitrogen functional groups attached to an aromatic ring is 1. The molecule has 1 rings (SSSR count). The van der Waals surface area contributed by atoms with E-state index in [1.165, 1.54) is 0 Å². The number of pyridine rings is 1. The molecule has 1 heterocycles. The topological polar surface area (TPSA) is 95.7 Å². The Kier molecular flexibility index (Phi) is 7.68. The first-order valence-electron chi connectivity index (χ1n) is 5.89. The number of hydrogen-bond donors (Lipinski definition) is 2. The molecule has 0 aliphatic heterocycles. The number of amides is 1. The van der Waals surface area contributed by atoms with Crippen LogP contribution in [0.1, 0.15) is 16.2 Å². The van der Waals surface area contributed by atoms with Gasteiger partial charge in [0, 0.05) is 7.11 Å². The molecular weight excluding hydrogens is 250 g/mol. The summed E-state index contributed by atoms with van der Waals surface area (Å²) in [5.74, 6) is 4.61. The minimum Gasteiger partial charge on any atom is -0.382 e. The van der Waals surface area contributed by atoms with Crippen LogP contribution in [0, 0.1) is 0 Å². The second kappa shape index (κ2) is 9.40. The highest BCUT2D eigenvalue weighted by molar-refractivity contribution is 5.91. The van der Waals surface area contributed by atoms with E-state index in [1.807, 2.05) is 5.43 Å². The van der Waals surface area contributed by atoms with Gasteiger partial charge in [0.25, 0.3) is 5.91 Å². The predicted octanol–water partition coefficient (Wildman–Crippen LogP) is -0.135. The van der Waals surface area contributed by atoms with E-state index in [4.69, 9.17) is 20.1 Å². The molecule has 0 aliphatic carbocycles. The van der Waals surface area contributed by atoms with Gasteiger partial charge in [-0.1, -0.05) is 6.07 Å². The van der Waals surface area contributed by atoms with Crippen LogP contribution in [0.2, 0.25) is 0 Å². The molecule has 106 valence electrons. The van der Waals surface area contributed by atoms with Crippen molar-refractivity contribution in [3.8, 4) is 0 Å². The number of ether oxygens (including phenoxy) is 3. The summed E-state index contributed by atoms with van der Waals surface area (Å²) < 4.78 is 15.5. The molecule has 3 N–H and O–H groups in total. The zero-order valence-corrected chi connectivity index (χ0v) is 10.9. The molecular formula is C12H19N3O4. The Labute approximate surface area is 112 Å². The monoisotopic (exact) mass is 269 g/mol. The van der Waals surface area contributed by atoms with Crippen LogP contribution in [0.3, 0.4) is 0 Å². The number of hydrazine groups is 1. The SMILES string of the molecule is COCCOCCOCc1cccc(C(=O)NN)n1. The summed E-state index contributed by atoms with van der Waals surface area (Å²) in [6.45, 7) is 2.38. The number of rotatable bonds is 9. The van der Waals surface area contributed by atoms with Gasteiger partial charge >= 0.3 is 0 Å². The van der Waals surface area contributed by atoms with Gasteiger partial charge in [-0.05, 0) is 12.1 Å². The van der Waals surface area contributed by atoms with Crippen LogP contribution in [-0.4, -0.2) is 44.4 Å². The number of nitrogens with one attached hydrogen (secondary N) is 1. The molecule has 7 nitrogen and oxygen atoms in total. The minimum absolute atomic E-state index is 0.264. The molecule has 0 aromatic carbocycles. The Balaban J connectivity index is 2.24. The highest BCUT2D eigenvalue weighted by atomic mass is 16.5. The molecule has 7 heteroatoms. The highest BCUT2D eigenvalue weighted by Crippen LogP contribution is 2.01. The third-order valence-corrected chi connectivity index (χ3v) is 2.22. The lowest BCUT2D eigenvalue weighted by Gasteiger charge is -2.06. The van der Waals surface area contributed by atoms with Crippen molar-refractivity contribution in [3.63, 3.8) is 0 Å². The zero-order valence-electron chi connectivity index (χ0n) is 10.9. The molecule has 0 saturated carbocycles. The molecule has 0 atom stereocenters. The van der Waals surface area contributed by atoms with Crippen molar-refractivity contribution in [1.82, 2.24) is 10.4 Å². The van der Waals surface area contributed by atoms with E-state index < -0.39 is 5.91 Å². The van der Waals surface area contributed by atoms with Crippen molar-refractivity contribution in [1.29, 1.82) is 0 Å². The molecule has 0 bridgehead atoms. The third-order valence-electron chi connectivity index (χ3n) is 2.22. The number of hydrogen-bond acceptors (Lipinski definition) is 6. The number of nitrogens with two attached hydrogens (primary N) is 1. The zero-order chi connectivity index (χ0) is 13.9. The van der Waals surface area contributed by atoms with Crippen molar-refractivity contribution >= 4 is 5.91 Å². The molecule has 0 saturated heterocycles. The van der Waals surface area contributed by atoms with Gasteiger partial charge in [0.2, 0.25) is 0 Å². The quantitative estimate of drug-likeness (QED) is 0.280.